The Bertz CT molecular complexity index is 605. The van der Waals surface area contributed by atoms with Crippen LogP contribution in [0.2, 0.25) is 0 Å². The highest BCUT2D eigenvalue weighted by molar-refractivity contribution is 9.10. The van der Waals surface area contributed by atoms with E-state index in [1.807, 2.05) is 55.3 Å². The molecule has 21 heavy (non-hydrogen) atoms. The summed E-state index contributed by atoms with van der Waals surface area (Å²) in [5, 5.41) is 9.86. The number of likely N-dealkylation sites (N-methyl/N-ethyl adjacent to an activating group) is 1. The standard InChI is InChI=1S/C17H19BrFNO/c1-17(12-21,14-6-4-3-5-7-14)20(2)11-13-8-9-15(18)10-16(13)19/h3-10,21H,11-12H2,1-2H3/t17-/m1/s1. The lowest BCUT2D eigenvalue weighted by Crippen LogP contribution is -2.44. The Kier molecular flexibility index (Phi) is 5.14. The first kappa shape index (κ1) is 16.1. The molecule has 0 fully saturated rings. The fourth-order valence-electron chi connectivity index (χ4n) is 2.31. The van der Waals surface area contributed by atoms with E-state index >= 15 is 0 Å². The van der Waals surface area contributed by atoms with Gasteiger partial charge in [0, 0.05) is 16.6 Å². The molecular formula is C17H19BrFNO. The third kappa shape index (κ3) is 3.51. The summed E-state index contributed by atoms with van der Waals surface area (Å²) in [6, 6.07) is 14.8. The molecule has 0 amide bonds. The Hall–Kier alpha value is -1.23. The second kappa shape index (κ2) is 6.69. The maximum Gasteiger partial charge on any atom is 0.128 e. The van der Waals surface area contributed by atoms with Crippen LogP contribution in [-0.2, 0) is 12.1 Å². The molecular weight excluding hydrogens is 333 g/mol. The molecule has 0 saturated heterocycles. The van der Waals surface area contributed by atoms with E-state index < -0.39 is 5.54 Å². The van der Waals surface area contributed by atoms with Gasteiger partial charge in [-0.05, 0) is 31.7 Å². The van der Waals surface area contributed by atoms with Crippen LogP contribution in [0.3, 0.4) is 0 Å². The average molecular weight is 352 g/mol. The summed E-state index contributed by atoms with van der Waals surface area (Å²) in [6.07, 6.45) is 0. The van der Waals surface area contributed by atoms with Crippen LogP contribution in [0, 0.1) is 5.82 Å². The first-order valence-electron chi connectivity index (χ1n) is 6.79. The average Bonchev–Trinajstić information content (AvgIpc) is 2.50. The lowest BCUT2D eigenvalue weighted by atomic mass is 9.91. The van der Waals surface area contributed by atoms with Crippen LogP contribution >= 0.6 is 15.9 Å². The van der Waals surface area contributed by atoms with Crippen molar-refractivity contribution in [1.29, 1.82) is 0 Å². The molecule has 2 rings (SSSR count). The Balaban J connectivity index is 2.26. The maximum atomic E-state index is 14.0. The molecule has 0 aromatic heterocycles. The molecule has 1 atom stereocenters. The van der Waals surface area contributed by atoms with E-state index in [1.54, 1.807) is 6.07 Å². The summed E-state index contributed by atoms with van der Waals surface area (Å²) in [6.45, 7) is 2.34. The fourth-order valence-corrected chi connectivity index (χ4v) is 2.64. The van der Waals surface area contributed by atoms with Crippen LogP contribution < -0.4 is 0 Å². The quantitative estimate of drug-likeness (QED) is 0.882. The van der Waals surface area contributed by atoms with Crippen molar-refractivity contribution in [3.63, 3.8) is 0 Å². The number of benzene rings is 2. The van der Waals surface area contributed by atoms with Gasteiger partial charge in [-0.2, -0.15) is 0 Å². The van der Waals surface area contributed by atoms with Crippen molar-refractivity contribution in [3.8, 4) is 0 Å². The molecule has 0 aliphatic carbocycles. The van der Waals surface area contributed by atoms with Gasteiger partial charge in [-0.1, -0.05) is 52.3 Å². The van der Waals surface area contributed by atoms with Crippen LogP contribution in [-0.4, -0.2) is 23.7 Å². The van der Waals surface area contributed by atoms with E-state index in [0.29, 0.717) is 12.1 Å². The van der Waals surface area contributed by atoms with Crippen LogP contribution in [0.25, 0.3) is 0 Å². The Morgan fingerprint density at radius 2 is 1.86 bits per heavy atom. The van der Waals surface area contributed by atoms with Gasteiger partial charge in [-0.15, -0.1) is 0 Å². The highest BCUT2D eigenvalue weighted by Gasteiger charge is 2.30. The second-order valence-corrected chi connectivity index (χ2v) is 6.31. The summed E-state index contributed by atoms with van der Waals surface area (Å²) < 4.78 is 14.7. The Labute approximate surface area is 133 Å². The predicted octanol–water partition coefficient (Wildman–Crippen LogP) is 3.93. The van der Waals surface area contributed by atoms with Gasteiger partial charge in [0.15, 0.2) is 0 Å². The molecule has 0 spiro atoms. The lowest BCUT2D eigenvalue weighted by Gasteiger charge is -2.38. The number of hydrogen-bond donors (Lipinski definition) is 1. The normalized spacial score (nSPS) is 14.2. The van der Waals surface area contributed by atoms with E-state index in [-0.39, 0.29) is 12.4 Å². The summed E-state index contributed by atoms with van der Waals surface area (Å²) in [4.78, 5) is 1.97. The molecule has 0 saturated carbocycles. The van der Waals surface area contributed by atoms with Gasteiger partial charge in [-0.25, -0.2) is 4.39 Å². The maximum absolute atomic E-state index is 14.0. The van der Waals surface area contributed by atoms with Crippen molar-refractivity contribution < 1.29 is 9.50 Å². The van der Waals surface area contributed by atoms with E-state index in [1.165, 1.54) is 6.07 Å². The van der Waals surface area contributed by atoms with Crippen molar-refractivity contribution in [2.45, 2.75) is 19.0 Å². The molecule has 112 valence electrons. The number of hydrogen-bond acceptors (Lipinski definition) is 2. The fraction of sp³-hybridized carbons (Fsp3) is 0.294. The van der Waals surface area contributed by atoms with Crippen molar-refractivity contribution in [1.82, 2.24) is 4.90 Å². The van der Waals surface area contributed by atoms with E-state index in [0.717, 1.165) is 10.0 Å². The molecule has 0 aliphatic rings. The molecule has 2 aromatic rings. The zero-order valence-electron chi connectivity index (χ0n) is 12.2. The molecule has 1 N–H and O–H groups in total. The minimum atomic E-state index is -0.555. The molecule has 4 heteroatoms. The number of nitrogens with zero attached hydrogens (tertiary/aromatic N) is 1. The van der Waals surface area contributed by atoms with Gasteiger partial charge in [0.05, 0.1) is 12.1 Å². The van der Waals surface area contributed by atoms with E-state index in [2.05, 4.69) is 15.9 Å². The first-order valence-corrected chi connectivity index (χ1v) is 7.58. The lowest BCUT2D eigenvalue weighted by molar-refractivity contribution is 0.0550. The molecule has 2 aromatic carbocycles. The SMILES string of the molecule is CN(Cc1ccc(Br)cc1F)[C@](C)(CO)c1ccccc1. The highest BCUT2D eigenvalue weighted by atomic mass is 79.9. The molecule has 0 aliphatic heterocycles. The zero-order valence-corrected chi connectivity index (χ0v) is 13.8. The number of aliphatic hydroxyl groups is 1. The minimum Gasteiger partial charge on any atom is -0.394 e. The molecule has 0 unspecified atom stereocenters. The van der Waals surface area contributed by atoms with Crippen LogP contribution in [0.5, 0.6) is 0 Å². The Morgan fingerprint density at radius 3 is 2.43 bits per heavy atom. The van der Waals surface area contributed by atoms with Gasteiger partial charge in [0.25, 0.3) is 0 Å². The van der Waals surface area contributed by atoms with Crippen molar-refractivity contribution in [2.24, 2.45) is 0 Å². The number of aliphatic hydroxyl groups excluding tert-OH is 1. The van der Waals surface area contributed by atoms with Crippen molar-refractivity contribution in [2.75, 3.05) is 13.7 Å². The summed E-state index contributed by atoms with van der Waals surface area (Å²) >= 11 is 3.26. The topological polar surface area (TPSA) is 23.5 Å². The van der Waals surface area contributed by atoms with Gasteiger partial charge in [0.2, 0.25) is 0 Å². The van der Waals surface area contributed by atoms with Gasteiger partial charge < -0.3 is 5.11 Å². The number of halogens is 2. The summed E-state index contributed by atoms with van der Waals surface area (Å²) in [5.41, 5.74) is 1.06. The van der Waals surface area contributed by atoms with Crippen LogP contribution in [0.15, 0.2) is 53.0 Å². The second-order valence-electron chi connectivity index (χ2n) is 5.39. The Morgan fingerprint density at radius 1 is 1.19 bits per heavy atom. The van der Waals surface area contributed by atoms with E-state index in [4.69, 9.17) is 0 Å². The zero-order chi connectivity index (χ0) is 15.5. The molecule has 0 bridgehead atoms. The van der Waals surface area contributed by atoms with Crippen LogP contribution in [0.4, 0.5) is 4.39 Å². The largest absolute Gasteiger partial charge is 0.394 e. The minimum absolute atomic E-state index is 0.0361. The third-order valence-corrected chi connectivity index (χ3v) is 4.46. The summed E-state index contributed by atoms with van der Waals surface area (Å²) in [5.74, 6) is -0.246. The smallest absolute Gasteiger partial charge is 0.128 e. The van der Waals surface area contributed by atoms with Crippen molar-refractivity contribution >= 4 is 15.9 Å². The van der Waals surface area contributed by atoms with Crippen molar-refractivity contribution in [3.05, 3.63) is 69.9 Å². The van der Waals surface area contributed by atoms with Gasteiger partial charge >= 0.3 is 0 Å². The molecule has 2 nitrogen and oxygen atoms in total. The number of rotatable bonds is 5. The van der Waals surface area contributed by atoms with Gasteiger partial charge in [-0.3, -0.25) is 4.90 Å². The summed E-state index contributed by atoms with van der Waals surface area (Å²) in [7, 11) is 1.89. The van der Waals surface area contributed by atoms with Crippen LogP contribution in [0.1, 0.15) is 18.1 Å². The predicted molar refractivity (Wildman–Crippen MR) is 86.4 cm³/mol. The monoisotopic (exact) mass is 351 g/mol. The van der Waals surface area contributed by atoms with Gasteiger partial charge in [0.1, 0.15) is 5.82 Å². The highest BCUT2D eigenvalue weighted by Crippen LogP contribution is 2.28. The molecule has 0 heterocycles. The molecule has 0 radical (unpaired) electrons. The van der Waals surface area contributed by atoms with E-state index in [9.17, 15) is 9.50 Å². The first-order chi connectivity index (χ1) is 9.97. The third-order valence-electron chi connectivity index (χ3n) is 3.97.